The monoisotopic (exact) mass is 224 g/mol. The zero-order valence-electron chi connectivity index (χ0n) is 6.08. The summed E-state index contributed by atoms with van der Waals surface area (Å²) in [5, 5.41) is 0.937. The maximum Gasteiger partial charge on any atom is 0.170 e. The molecule has 0 unspecified atom stereocenters. The van der Waals surface area contributed by atoms with Crippen LogP contribution in [0.2, 0.25) is 0 Å². The van der Waals surface area contributed by atoms with Crippen molar-refractivity contribution in [3.8, 4) is 0 Å². The zero-order chi connectivity index (χ0) is 8.55. The molecule has 0 aliphatic carbocycles. The van der Waals surface area contributed by atoms with Gasteiger partial charge in [-0.15, -0.1) is 0 Å². The van der Waals surface area contributed by atoms with E-state index in [0.717, 1.165) is 11.7 Å². The molecular weight excluding hydrogens is 220 g/mol. The topological polar surface area (TPSA) is 30.2 Å². The van der Waals surface area contributed by atoms with Crippen LogP contribution in [0.1, 0.15) is 10.4 Å². The summed E-state index contributed by atoms with van der Waals surface area (Å²) in [4.78, 5) is 10.6. The Bertz CT molecular complexity index is 431. The Morgan fingerprint density at radius 1 is 1.42 bits per heavy atom. The number of hydrogen-bond donors (Lipinski definition) is 0. The Kier molecular flexibility index (Phi) is 1.73. The van der Waals surface area contributed by atoms with Gasteiger partial charge in [-0.3, -0.25) is 4.79 Å². The average Bonchev–Trinajstić information content (AvgIpc) is 2.44. The standard InChI is InChI=1S/C9H5BrO2/c10-8-4-6-2-1-3-7(5-11)9(6)12-8/h1-5H. The van der Waals surface area contributed by atoms with Gasteiger partial charge in [-0.1, -0.05) is 12.1 Å². The van der Waals surface area contributed by atoms with Crippen LogP contribution in [-0.4, -0.2) is 6.29 Å². The lowest BCUT2D eigenvalue weighted by Crippen LogP contribution is -1.77. The quantitative estimate of drug-likeness (QED) is 0.698. The van der Waals surface area contributed by atoms with E-state index in [9.17, 15) is 4.79 Å². The molecule has 0 bridgehead atoms. The molecule has 0 aliphatic heterocycles. The summed E-state index contributed by atoms with van der Waals surface area (Å²) in [5.41, 5.74) is 1.22. The number of hydrogen-bond acceptors (Lipinski definition) is 2. The summed E-state index contributed by atoms with van der Waals surface area (Å²) in [6.45, 7) is 0. The van der Waals surface area contributed by atoms with Crippen molar-refractivity contribution in [2.24, 2.45) is 0 Å². The van der Waals surface area contributed by atoms with E-state index in [1.54, 1.807) is 6.07 Å². The van der Waals surface area contributed by atoms with Crippen molar-refractivity contribution in [1.82, 2.24) is 0 Å². The predicted molar refractivity (Wildman–Crippen MR) is 49.3 cm³/mol. The van der Waals surface area contributed by atoms with Crippen LogP contribution in [0.3, 0.4) is 0 Å². The first-order valence-electron chi connectivity index (χ1n) is 3.44. The van der Waals surface area contributed by atoms with Crippen LogP contribution >= 0.6 is 15.9 Å². The molecule has 0 radical (unpaired) electrons. The number of carbonyl (C=O) groups excluding carboxylic acids is 1. The summed E-state index contributed by atoms with van der Waals surface area (Å²) in [7, 11) is 0. The molecule has 1 heterocycles. The number of halogens is 1. The first-order valence-corrected chi connectivity index (χ1v) is 4.24. The average molecular weight is 225 g/mol. The maximum absolute atomic E-state index is 10.6. The van der Waals surface area contributed by atoms with Crippen LogP contribution < -0.4 is 0 Å². The smallest absolute Gasteiger partial charge is 0.170 e. The van der Waals surface area contributed by atoms with E-state index < -0.39 is 0 Å². The molecule has 0 fully saturated rings. The van der Waals surface area contributed by atoms with Gasteiger partial charge in [0.1, 0.15) is 5.58 Å². The molecule has 0 N–H and O–H groups in total. The normalized spacial score (nSPS) is 10.4. The molecule has 2 nitrogen and oxygen atoms in total. The highest BCUT2D eigenvalue weighted by Gasteiger charge is 2.04. The zero-order valence-corrected chi connectivity index (χ0v) is 7.67. The van der Waals surface area contributed by atoms with Crippen molar-refractivity contribution >= 4 is 33.2 Å². The molecule has 0 saturated carbocycles. The van der Waals surface area contributed by atoms with Gasteiger partial charge in [0.25, 0.3) is 0 Å². The number of para-hydroxylation sites is 1. The van der Waals surface area contributed by atoms with Gasteiger partial charge in [-0.05, 0) is 28.1 Å². The SMILES string of the molecule is O=Cc1cccc2cc(Br)oc12. The third-order valence-corrected chi connectivity index (χ3v) is 2.06. The molecule has 0 aliphatic rings. The van der Waals surface area contributed by atoms with Crippen LogP contribution in [0.15, 0.2) is 33.4 Å². The van der Waals surface area contributed by atoms with Crippen LogP contribution in [0.4, 0.5) is 0 Å². The molecule has 2 aromatic rings. The van der Waals surface area contributed by atoms with Crippen molar-refractivity contribution in [1.29, 1.82) is 0 Å². The highest BCUT2D eigenvalue weighted by molar-refractivity contribution is 9.10. The van der Waals surface area contributed by atoms with E-state index >= 15 is 0 Å². The van der Waals surface area contributed by atoms with Gasteiger partial charge in [0, 0.05) is 5.39 Å². The van der Waals surface area contributed by atoms with E-state index in [2.05, 4.69) is 15.9 Å². The number of fused-ring (bicyclic) bond motifs is 1. The second-order valence-corrected chi connectivity index (χ2v) is 3.22. The molecule has 0 saturated heterocycles. The number of furan rings is 1. The maximum atomic E-state index is 10.6. The van der Waals surface area contributed by atoms with E-state index in [-0.39, 0.29) is 0 Å². The molecule has 1 aromatic carbocycles. The Balaban J connectivity index is 2.86. The first kappa shape index (κ1) is 7.55. The highest BCUT2D eigenvalue weighted by Crippen LogP contribution is 2.25. The summed E-state index contributed by atoms with van der Waals surface area (Å²) >= 11 is 3.21. The number of carbonyl (C=O) groups is 1. The number of rotatable bonds is 1. The molecule has 2 rings (SSSR count). The molecule has 12 heavy (non-hydrogen) atoms. The van der Waals surface area contributed by atoms with E-state index in [1.807, 2.05) is 18.2 Å². The van der Waals surface area contributed by atoms with E-state index in [0.29, 0.717) is 15.8 Å². The van der Waals surface area contributed by atoms with E-state index in [4.69, 9.17) is 4.42 Å². The highest BCUT2D eigenvalue weighted by atomic mass is 79.9. The summed E-state index contributed by atoms with van der Waals surface area (Å²) in [6.07, 6.45) is 0.790. The molecule has 0 atom stereocenters. The van der Waals surface area contributed by atoms with Gasteiger partial charge in [-0.2, -0.15) is 0 Å². The number of aldehydes is 1. The van der Waals surface area contributed by atoms with Crippen LogP contribution in [0.5, 0.6) is 0 Å². The minimum absolute atomic E-state index is 0.582. The second-order valence-electron chi connectivity index (χ2n) is 2.43. The molecule has 60 valence electrons. The first-order chi connectivity index (χ1) is 5.81. The van der Waals surface area contributed by atoms with Crippen molar-refractivity contribution in [2.75, 3.05) is 0 Å². The van der Waals surface area contributed by atoms with E-state index in [1.165, 1.54) is 0 Å². The summed E-state index contributed by atoms with van der Waals surface area (Å²) in [5.74, 6) is 0. The third kappa shape index (κ3) is 1.06. The fourth-order valence-electron chi connectivity index (χ4n) is 1.15. The number of benzene rings is 1. The fourth-order valence-corrected chi connectivity index (χ4v) is 1.56. The van der Waals surface area contributed by atoms with Crippen molar-refractivity contribution < 1.29 is 9.21 Å². The Morgan fingerprint density at radius 3 is 3.00 bits per heavy atom. The van der Waals surface area contributed by atoms with Gasteiger partial charge in [-0.25, -0.2) is 0 Å². The minimum atomic E-state index is 0.582. The molecule has 0 amide bonds. The molecular formula is C9H5BrO2. The third-order valence-electron chi connectivity index (χ3n) is 1.67. The Labute approximate surface area is 77.3 Å². The van der Waals surface area contributed by atoms with Gasteiger partial charge in [0.15, 0.2) is 11.0 Å². The Hall–Kier alpha value is -1.09. The predicted octanol–water partition coefficient (Wildman–Crippen LogP) is 3.01. The van der Waals surface area contributed by atoms with Gasteiger partial charge in [0.05, 0.1) is 5.56 Å². The summed E-state index contributed by atoms with van der Waals surface area (Å²) < 4.78 is 5.92. The fraction of sp³-hybridized carbons (Fsp3) is 0. The lowest BCUT2D eigenvalue weighted by molar-refractivity contribution is 0.112. The van der Waals surface area contributed by atoms with Crippen molar-refractivity contribution in [3.63, 3.8) is 0 Å². The van der Waals surface area contributed by atoms with Crippen molar-refractivity contribution in [2.45, 2.75) is 0 Å². The largest absolute Gasteiger partial charge is 0.449 e. The van der Waals surface area contributed by atoms with Crippen LogP contribution in [-0.2, 0) is 0 Å². The van der Waals surface area contributed by atoms with Gasteiger partial charge < -0.3 is 4.42 Å². The molecule has 3 heteroatoms. The van der Waals surface area contributed by atoms with Crippen LogP contribution in [0, 0.1) is 0 Å². The Morgan fingerprint density at radius 2 is 2.25 bits per heavy atom. The summed E-state index contributed by atoms with van der Waals surface area (Å²) in [6, 6.07) is 7.29. The lowest BCUT2D eigenvalue weighted by Gasteiger charge is -1.89. The molecule has 1 aromatic heterocycles. The second kappa shape index (κ2) is 2.75. The van der Waals surface area contributed by atoms with Gasteiger partial charge >= 0.3 is 0 Å². The van der Waals surface area contributed by atoms with Crippen LogP contribution in [0.25, 0.3) is 11.0 Å². The van der Waals surface area contributed by atoms with Crippen molar-refractivity contribution in [3.05, 3.63) is 34.5 Å². The van der Waals surface area contributed by atoms with Gasteiger partial charge in [0.2, 0.25) is 0 Å². The molecule has 0 spiro atoms. The minimum Gasteiger partial charge on any atom is -0.449 e. The lowest BCUT2D eigenvalue weighted by atomic mass is 10.2.